The lowest BCUT2D eigenvalue weighted by Crippen LogP contribution is -2.60. The molecular weight excluding hydrogens is 318 g/mol. The molecule has 0 unspecified atom stereocenters. The highest BCUT2D eigenvalue weighted by Gasteiger charge is 2.39. The molecule has 2 aliphatic heterocycles. The van der Waals surface area contributed by atoms with E-state index in [-0.39, 0.29) is 11.6 Å². The van der Waals surface area contributed by atoms with Crippen LogP contribution in [0.2, 0.25) is 0 Å². The molecule has 0 bridgehead atoms. The van der Waals surface area contributed by atoms with Crippen molar-refractivity contribution >= 4 is 34.1 Å². The maximum Gasteiger partial charge on any atom is 0.319 e. The van der Waals surface area contributed by atoms with Crippen LogP contribution >= 0.6 is 23.1 Å². The summed E-state index contributed by atoms with van der Waals surface area (Å²) < 4.78 is 5.49. The van der Waals surface area contributed by atoms with E-state index in [0.717, 1.165) is 44.1 Å². The maximum atomic E-state index is 12.1. The largest absolute Gasteiger partial charge is 0.379 e. The summed E-state index contributed by atoms with van der Waals surface area (Å²) in [6.45, 7) is 4.26. The lowest BCUT2D eigenvalue weighted by Gasteiger charge is -2.47. The molecule has 22 heavy (non-hydrogen) atoms. The van der Waals surface area contributed by atoms with Crippen LogP contribution in [-0.4, -0.2) is 60.8 Å². The molecule has 1 aromatic heterocycles. The van der Waals surface area contributed by atoms with Crippen molar-refractivity contribution in [2.45, 2.75) is 18.4 Å². The Labute approximate surface area is 139 Å². The van der Waals surface area contributed by atoms with Crippen molar-refractivity contribution < 1.29 is 9.53 Å². The molecule has 1 aromatic rings. The van der Waals surface area contributed by atoms with E-state index in [1.165, 1.54) is 22.8 Å². The molecule has 0 atom stereocenters. The molecule has 0 spiro atoms. The normalized spacial score (nSPS) is 22.2. The number of ether oxygens (including phenoxy) is 1. The van der Waals surface area contributed by atoms with Crippen molar-refractivity contribution in [1.82, 2.24) is 10.2 Å². The summed E-state index contributed by atoms with van der Waals surface area (Å²) in [5.74, 6) is 2.34. The highest BCUT2D eigenvalue weighted by Crippen LogP contribution is 2.32. The highest BCUT2D eigenvalue weighted by atomic mass is 32.2. The number of carbonyl (C=O) groups excluding carboxylic acids is 1. The quantitative estimate of drug-likeness (QED) is 0.883. The molecule has 2 N–H and O–H groups in total. The molecule has 7 heteroatoms. The van der Waals surface area contributed by atoms with Gasteiger partial charge in [-0.3, -0.25) is 10.2 Å². The number of urea groups is 1. The third-order valence-electron chi connectivity index (χ3n) is 4.44. The first-order valence-electron chi connectivity index (χ1n) is 7.77. The number of rotatable bonds is 4. The van der Waals surface area contributed by atoms with Crippen molar-refractivity contribution in [3.63, 3.8) is 0 Å². The van der Waals surface area contributed by atoms with Gasteiger partial charge in [0.25, 0.3) is 0 Å². The molecule has 2 fully saturated rings. The summed E-state index contributed by atoms with van der Waals surface area (Å²) in [7, 11) is 0. The summed E-state index contributed by atoms with van der Waals surface area (Å²) in [6, 6.07) is 3.75. The van der Waals surface area contributed by atoms with Crippen LogP contribution in [0.25, 0.3) is 0 Å². The van der Waals surface area contributed by atoms with Gasteiger partial charge in [0.15, 0.2) is 0 Å². The zero-order valence-electron chi connectivity index (χ0n) is 12.7. The van der Waals surface area contributed by atoms with E-state index in [4.69, 9.17) is 4.74 Å². The molecule has 0 aliphatic carbocycles. The third-order valence-corrected chi connectivity index (χ3v) is 6.21. The minimum absolute atomic E-state index is 0.0990. The van der Waals surface area contributed by atoms with Gasteiger partial charge < -0.3 is 10.1 Å². The predicted octanol–water partition coefficient (Wildman–Crippen LogP) is 2.47. The van der Waals surface area contributed by atoms with Gasteiger partial charge >= 0.3 is 6.03 Å². The van der Waals surface area contributed by atoms with Gasteiger partial charge in [0.05, 0.1) is 18.2 Å². The molecule has 2 saturated heterocycles. The average molecular weight is 342 g/mol. The Morgan fingerprint density at radius 3 is 2.77 bits per heavy atom. The standard InChI is InChI=1S/C15H23N3O2S2/c19-14(17-13-2-1-9-22-13)16-12-15(3-10-21-11-4-15)18-5-7-20-8-6-18/h1-2,9H,3-8,10-12H2,(H2,16,17,19). The van der Waals surface area contributed by atoms with Crippen molar-refractivity contribution in [3.05, 3.63) is 17.5 Å². The van der Waals surface area contributed by atoms with Crippen LogP contribution in [0.1, 0.15) is 12.8 Å². The number of thioether (sulfide) groups is 1. The molecule has 122 valence electrons. The number of hydrogen-bond donors (Lipinski definition) is 2. The monoisotopic (exact) mass is 341 g/mol. The van der Waals surface area contributed by atoms with Crippen LogP contribution in [0.4, 0.5) is 9.80 Å². The summed E-state index contributed by atoms with van der Waals surface area (Å²) in [4.78, 5) is 14.6. The van der Waals surface area contributed by atoms with E-state index in [2.05, 4.69) is 15.5 Å². The smallest absolute Gasteiger partial charge is 0.319 e. The fourth-order valence-corrected chi connectivity index (χ4v) is 5.01. The van der Waals surface area contributed by atoms with Crippen molar-refractivity contribution in [2.24, 2.45) is 0 Å². The Hall–Kier alpha value is -0.760. The Kier molecular flexibility index (Phi) is 5.62. The van der Waals surface area contributed by atoms with Crippen LogP contribution in [0.15, 0.2) is 17.5 Å². The first kappa shape index (κ1) is 16.1. The lowest BCUT2D eigenvalue weighted by molar-refractivity contribution is -0.0249. The zero-order chi connectivity index (χ0) is 15.3. The van der Waals surface area contributed by atoms with Crippen LogP contribution in [0.3, 0.4) is 0 Å². The number of nitrogens with zero attached hydrogens (tertiary/aromatic N) is 1. The lowest BCUT2D eigenvalue weighted by atomic mass is 9.89. The molecule has 3 heterocycles. The topological polar surface area (TPSA) is 53.6 Å². The average Bonchev–Trinajstić information content (AvgIpc) is 3.08. The molecule has 2 aliphatic rings. The second-order valence-corrected chi connectivity index (χ2v) is 7.89. The first-order valence-corrected chi connectivity index (χ1v) is 9.81. The fourth-order valence-electron chi connectivity index (χ4n) is 3.14. The number of hydrogen-bond acceptors (Lipinski definition) is 5. The van der Waals surface area contributed by atoms with E-state index in [1.807, 2.05) is 29.3 Å². The van der Waals surface area contributed by atoms with E-state index >= 15 is 0 Å². The summed E-state index contributed by atoms with van der Waals surface area (Å²) in [5.41, 5.74) is 0.0990. The highest BCUT2D eigenvalue weighted by molar-refractivity contribution is 7.99. The third kappa shape index (κ3) is 3.95. The van der Waals surface area contributed by atoms with E-state index in [0.29, 0.717) is 6.54 Å². The van der Waals surface area contributed by atoms with Gasteiger partial charge in [-0.25, -0.2) is 4.79 Å². The van der Waals surface area contributed by atoms with E-state index in [1.54, 1.807) is 0 Å². The molecule has 0 saturated carbocycles. The molecular formula is C15H23N3O2S2. The van der Waals surface area contributed by atoms with Crippen LogP contribution < -0.4 is 10.6 Å². The number of nitrogens with one attached hydrogen (secondary N) is 2. The van der Waals surface area contributed by atoms with Crippen LogP contribution in [0, 0.1) is 0 Å². The number of amides is 2. The number of morpholine rings is 1. The predicted molar refractivity (Wildman–Crippen MR) is 93.0 cm³/mol. The maximum absolute atomic E-state index is 12.1. The minimum atomic E-state index is -0.103. The van der Waals surface area contributed by atoms with Gasteiger partial charge in [-0.05, 0) is 41.9 Å². The number of thiophene rings is 1. The molecule has 0 radical (unpaired) electrons. The second kappa shape index (κ2) is 7.68. The Morgan fingerprint density at radius 2 is 2.09 bits per heavy atom. The Balaban J connectivity index is 1.58. The van der Waals surface area contributed by atoms with Gasteiger partial charge in [0, 0.05) is 25.2 Å². The molecule has 3 rings (SSSR count). The first-order chi connectivity index (χ1) is 10.8. The zero-order valence-corrected chi connectivity index (χ0v) is 14.3. The Morgan fingerprint density at radius 1 is 1.32 bits per heavy atom. The van der Waals surface area contributed by atoms with Gasteiger partial charge in [-0.2, -0.15) is 11.8 Å². The van der Waals surface area contributed by atoms with Gasteiger partial charge in [-0.15, -0.1) is 11.3 Å². The van der Waals surface area contributed by atoms with E-state index < -0.39 is 0 Å². The summed E-state index contributed by atoms with van der Waals surface area (Å²) >= 11 is 3.55. The number of carbonyl (C=O) groups is 1. The van der Waals surface area contributed by atoms with Crippen molar-refractivity contribution in [2.75, 3.05) is 49.7 Å². The van der Waals surface area contributed by atoms with Gasteiger partial charge in [0.1, 0.15) is 0 Å². The van der Waals surface area contributed by atoms with Gasteiger partial charge in [0.2, 0.25) is 0 Å². The van der Waals surface area contributed by atoms with Crippen LogP contribution in [-0.2, 0) is 4.74 Å². The molecule has 2 amide bonds. The SMILES string of the molecule is O=C(NCC1(N2CCOCC2)CCSCC1)Nc1cccs1. The molecule has 0 aromatic carbocycles. The second-order valence-electron chi connectivity index (χ2n) is 5.72. The van der Waals surface area contributed by atoms with Gasteiger partial charge in [-0.1, -0.05) is 0 Å². The van der Waals surface area contributed by atoms with E-state index in [9.17, 15) is 4.79 Å². The minimum Gasteiger partial charge on any atom is -0.379 e. The van der Waals surface area contributed by atoms with Crippen LogP contribution in [0.5, 0.6) is 0 Å². The molecule has 5 nitrogen and oxygen atoms in total. The Bertz CT molecular complexity index is 469. The summed E-state index contributed by atoms with van der Waals surface area (Å²) in [5, 5.41) is 8.84. The number of anilines is 1. The summed E-state index contributed by atoms with van der Waals surface area (Å²) in [6.07, 6.45) is 2.27. The van der Waals surface area contributed by atoms with Crippen molar-refractivity contribution in [1.29, 1.82) is 0 Å². The fraction of sp³-hybridized carbons (Fsp3) is 0.667. The van der Waals surface area contributed by atoms with Crippen molar-refractivity contribution in [3.8, 4) is 0 Å².